The minimum atomic E-state index is 0.0650. The van der Waals surface area contributed by atoms with Crippen LogP contribution in [0.3, 0.4) is 0 Å². The first-order valence-electron chi connectivity index (χ1n) is 18.0. The lowest BCUT2D eigenvalue weighted by atomic mass is 9.64. The molecule has 0 saturated heterocycles. The van der Waals surface area contributed by atoms with E-state index >= 15 is 0 Å². The number of anilines is 4. The van der Waals surface area contributed by atoms with Crippen molar-refractivity contribution in [2.75, 3.05) is 9.80 Å². The first-order valence-corrected chi connectivity index (χ1v) is 18.0. The van der Waals surface area contributed by atoms with Crippen molar-refractivity contribution in [3.05, 3.63) is 167 Å². The molecule has 0 heterocycles. The second-order valence-electron chi connectivity index (χ2n) is 14.4. The van der Waals surface area contributed by atoms with E-state index in [0.29, 0.717) is 6.04 Å². The highest BCUT2D eigenvalue weighted by Gasteiger charge is 2.38. The predicted molar refractivity (Wildman–Crippen MR) is 206 cm³/mol. The van der Waals surface area contributed by atoms with Crippen molar-refractivity contribution in [1.82, 2.24) is 0 Å². The fourth-order valence-electron chi connectivity index (χ4n) is 8.16. The molecule has 1 saturated carbocycles. The molecule has 0 bridgehead atoms. The molecule has 3 aliphatic carbocycles. The van der Waals surface area contributed by atoms with Gasteiger partial charge in [-0.3, -0.25) is 0 Å². The molecule has 1 fully saturated rings. The highest BCUT2D eigenvalue weighted by molar-refractivity contribution is 5.68. The van der Waals surface area contributed by atoms with Crippen molar-refractivity contribution in [3.8, 4) is 0 Å². The molecule has 2 atom stereocenters. The average Bonchev–Trinajstić information content (AvgIpc) is 3.12. The highest BCUT2D eigenvalue weighted by atomic mass is 15.2. The zero-order valence-corrected chi connectivity index (χ0v) is 29.2. The molecule has 4 aromatic rings. The van der Waals surface area contributed by atoms with Gasteiger partial charge in [0.15, 0.2) is 0 Å². The van der Waals surface area contributed by atoms with Crippen LogP contribution in [0, 0.1) is 20.8 Å². The number of hydrogen-bond donors (Lipinski definition) is 0. The van der Waals surface area contributed by atoms with Gasteiger partial charge in [0, 0.05) is 28.2 Å². The molecule has 0 aromatic heterocycles. The summed E-state index contributed by atoms with van der Waals surface area (Å²) < 4.78 is 0. The van der Waals surface area contributed by atoms with Crippen LogP contribution in [-0.4, -0.2) is 12.1 Å². The van der Waals surface area contributed by atoms with Crippen molar-refractivity contribution >= 4 is 22.7 Å². The summed E-state index contributed by atoms with van der Waals surface area (Å²) in [5, 5.41) is 0. The van der Waals surface area contributed by atoms with Crippen molar-refractivity contribution in [2.45, 2.75) is 90.1 Å². The van der Waals surface area contributed by atoms with E-state index in [9.17, 15) is 0 Å². The van der Waals surface area contributed by atoms with E-state index in [1.807, 2.05) is 0 Å². The Balaban J connectivity index is 1.19. The van der Waals surface area contributed by atoms with E-state index < -0.39 is 0 Å². The summed E-state index contributed by atoms with van der Waals surface area (Å²) in [6.45, 7) is 8.71. The zero-order valence-electron chi connectivity index (χ0n) is 29.2. The van der Waals surface area contributed by atoms with E-state index in [4.69, 9.17) is 0 Å². The molecule has 0 radical (unpaired) electrons. The van der Waals surface area contributed by atoms with E-state index in [-0.39, 0.29) is 11.5 Å². The molecular weight excluding hydrogens is 581 g/mol. The van der Waals surface area contributed by atoms with Crippen molar-refractivity contribution < 1.29 is 0 Å². The Morgan fingerprint density at radius 2 is 1.06 bits per heavy atom. The van der Waals surface area contributed by atoms with E-state index in [1.54, 1.807) is 0 Å². The van der Waals surface area contributed by atoms with Crippen molar-refractivity contribution in [2.24, 2.45) is 0 Å². The Kier molecular flexibility index (Phi) is 9.26. The van der Waals surface area contributed by atoms with E-state index in [1.165, 1.54) is 88.3 Å². The van der Waals surface area contributed by atoms with Gasteiger partial charge >= 0.3 is 0 Å². The van der Waals surface area contributed by atoms with Gasteiger partial charge in [-0.05, 0) is 119 Å². The SMILES string of the molecule is CC1=CCC(N(c2ccc(C)cc2)c2ccc(C3(C4=CCC(N(c5ccc(C)cc5)c5cccc(C)c5)C=C4)CCCCC3)cc2)C=C1. The fraction of sp³-hybridized carbons (Fsp3) is 0.304. The van der Waals surface area contributed by atoms with Gasteiger partial charge in [0.1, 0.15) is 0 Å². The maximum absolute atomic E-state index is 2.57. The maximum Gasteiger partial charge on any atom is 0.0560 e. The van der Waals surface area contributed by atoms with Crippen LogP contribution in [0.25, 0.3) is 0 Å². The van der Waals surface area contributed by atoms with E-state index in [2.05, 4.69) is 171 Å². The largest absolute Gasteiger partial charge is 0.334 e. The molecule has 2 heteroatoms. The minimum Gasteiger partial charge on any atom is -0.334 e. The molecular formula is C46H50N2. The number of benzene rings is 4. The first-order chi connectivity index (χ1) is 23.4. The molecule has 0 aliphatic heterocycles. The maximum atomic E-state index is 2.57. The standard InChI is InChI=1S/C46H50N2/c1-34-11-21-40(22-12-34)47(41-23-13-35(2)14-24-41)43-27-17-38(18-28-43)46(31-6-5-7-32-46)39-19-29-44(30-20-39)48(42-25-15-36(3)16-26-42)45-10-8-9-37(4)33-45/h8-23,25-29,33,41,44H,5-7,24,30-32H2,1-4H3. The molecule has 3 aliphatic rings. The monoisotopic (exact) mass is 630 g/mol. The summed E-state index contributed by atoms with van der Waals surface area (Å²) in [5.74, 6) is 0. The average molecular weight is 631 g/mol. The number of hydrogen-bond acceptors (Lipinski definition) is 2. The third-order valence-corrected chi connectivity index (χ3v) is 10.9. The number of rotatable bonds is 8. The lowest BCUT2D eigenvalue weighted by Crippen LogP contribution is -2.35. The van der Waals surface area contributed by atoms with E-state index in [0.717, 1.165) is 12.8 Å². The van der Waals surface area contributed by atoms with Gasteiger partial charge in [0.25, 0.3) is 0 Å². The second kappa shape index (κ2) is 13.9. The fourth-order valence-corrected chi connectivity index (χ4v) is 8.16. The van der Waals surface area contributed by atoms with Gasteiger partial charge in [-0.1, -0.05) is 121 Å². The van der Waals surface area contributed by atoms with Gasteiger partial charge in [-0.15, -0.1) is 0 Å². The second-order valence-corrected chi connectivity index (χ2v) is 14.4. The molecule has 0 spiro atoms. The Morgan fingerprint density at radius 1 is 0.521 bits per heavy atom. The summed E-state index contributed by atoms with van der Waals surface area (Å²) in [4.78, 5) is 5.04. The first kappa shape index (κ1) is 32.0. The van der Waals surface area contributed by atoms with Crippen LogP contribution >= 0.6 is 0 Å². The minimum absolute atomic E-state index is 0.0650. The predicted octanol–water partition coefficient (Wildman–Crippen LogP) is 12.3. The zero-order chi connectivity index (χ0) is 33.1. The van der Waals surface area contributed by atoms with Crippen molar-refractivity contribution in [3.63, 3.8) is 0 Å². The van der Waals surface area contributed by atoms with Gasteiger partial charge in [0.05, 0.1) is 12.1 Å². The molecule has 244 valence electrons. The molecule has 2 nitrogen and oxygen atoms in total. The number of aryl methyl sites for hydroxylation is 3. The summed E-state index contributed by atoms with van der Waals surface area (Å²) in [6.07, 6.45) is 22.9. The van der Waals surface area contributed by atoms with Crippen LogP contribution in [0.5, 0.6) is 0 Å². The lowest BCUT2D eigenvalue weighted by Gasteiger charge is -2.42. The number of nitrogens with zero attached hydrogens (tertiary/aromatic N) is 2. The van der Waals surface area contributed by atoms with Gasteiger partial charge in [0.2, 0.25) is 0 Å². The van der Waals surface area contributed by atoms with Crippen LogP contribution in [0.2, 0.25) is 0 Å². The summed E-state index contributed by atoms with van der Waals surface area (Å²) in [5.41, 5.74) is 13.3. The van der Waals surface area contributed by atoms with Crippen LogP contribution < -0.4 is 9.80 Å². The van der Waals surface area contributed by atoms with Crippen molar-refractivity contribution in [1.29, 1.82) is 0 Å². The van der Waals surface area contributed by atoms with Crippen LogP contribution in [0.1, 0.15) is 74.1 Å². The summed E-state index contributed by atoms with van der Waals surface area (Å²) in [7, 11) is 0. The van der Waals surface area contributed by atoms with Crippen LogP contribution in [0.15, 0.2) is 145 Å². The molecule has 7 rings (SSSR count). The smallest absolute Gasteiger partial charge is 0.0560 e. The van der Waals surface area contributed by atoms with Gasteiger partial charge in [-0.25, -0.2) is 0 Å². The summed E-state index contributed by atoms with van der Waals surface area (Å²) in [6, 6.07) is 37.2. The highest BCUT2D eigenvalue weighted by Crippen LogP contribution is 2.48. The Hall–Kier alpha value is -4.56. The molecule has 0 N–H and O–H groups in total. The molecule has 48 heavy (non-hydrogen) atoms. The Morgan fingerprint density at radius 3 is 1.58 bits per heavy atom. The molecule has 0 amide bonds. The topological polar surface area (TPSA) is 6.48 Å². The molecule has 2 unspecified atom stereocenters. The molecule has 4 aromatic carbocycles. The van der Waals surface area contributed by atoms with Crippen LogP contribution in [-0.2, 0) is 5.41 Å². The van der Waals surface area contributed by atoms with Gasteiger partial charge < -0.3 is 9.80 Å². The van der Waals surface area contributed by atoms with Gasteiger partial charge in [-0.2, -0.15) is 0 Å². The third kappa shape index (κ3) is 6.59. The third-order valence-electron chi connectivity index (χ3n) is 10.9. The normalized spacial score (nSPS) is 20.2. The van der Waals surface area contributed by atoms with Crippen LogP contribution in [0.4, 0.5) is 22.7 Å². The Labute approximate surface area is 288 Å². The quantitative estimate of drug-likeness (QED) is 0.191. The lowest BCUT2D eigenvalue weighted by molar-refractivity contribution is 0.343. The Bertz CT molecular complexity index is 1830. The number of allylic oxidation sites excluding steroid dienone is 4. The summed E-state index contributed by atoms with van der Waals surface area (Å²) >= 11 is 0.